The molecule has 1 aromatic rings. The zero-order valence-electron chi connectivity index (χ0n) is 9.46. The summed E-state index contributed by atoms with van der Waals surface area (Å²) in [6, 6.07) is 0.641. The van der Waals surface area contributed by atoms with Crippen LogP contribution >= 0.6 is 11.8 Å². The van der Waals surface area contributed by atoms with Gasteiger partial charge in [-0.1, -0.05) is 11.8 Å². The first-order chi connectivity index (χ1) is 7.75. The van der Waals surface area contributed by atoms with E-state index in [0.717, 1.165) is 5.16 Å². The minimum absolute atomic E-state index is 0.279. The number of hydrogen-bond acceptors (Lipinski definition) is 4. The molecule has 0 aromatic carbocycles. The van der Waals surface area contributed by atoms with Gasteiger partial charge in [-0.3, -0.25) is 0 Å². The molecule has 5 heteroatoms. The predicted molar refractivity (Wildman–Crippen MR) is 62.7 cm³/mol. The van der Waals surface area contributed by atoms with E-state index >= 15 is 0 Å². The van der Waals surface area contributed by atoms with Crippen LogP contribution in [0.1, 0.15) is 50.4 Å². The standard InChI is InChI=1S/C11H17N3OS/c1-7(15)6-16-11-13-12-10(8-2-3-8)14(11)9-4-5-9/h7-9,15H,2-6H2,1H3/t7-/m0/s1. The fraction of sp³-hybridized carbons (Fsp3) is 0.818. The largest absolute Gasteiger partial charge is 0.393 e. The normalized spacial score (nSPS) is 22.4. The van der Waals surface area contributed by atoms with Crippen molar-refractivity contribution >= 4 is 11.8 Å². The topological polar surface area (TPSA) is 50.9 Å². The van der Waals surface area contributed by atoms with Crippen molar-refractivity contribution in [2.24, 2.45) is 0 Å². The molecule has 0 saturated heterocycles. The molecule has 0 amide bonds. The molecule has 1 heterocycles. The van der Waals surface area contributed by atoms with Crippen LogP contribution in [0.4, 0.5) is 0 Å². The van der Waals surface area contributed by atoms with Crippen molar-refractivity contribution in [1.82, 2.24) is 14.8 Å². The molecular formula is C11H17N3OS. The third kappa shape index (κ3) is 2.11. The second-order valence-electron chi connectivity index (χ2n) is 4.88. The van der Waals surface area contributed by atoms with E-state index in [1.807, 2.05) is 6.92 Å². The fourth-order valence-electron chi connectivity index (χ4n) is 1.88. The zero-order chi connectivity index (χ0) is 11.1. The molecule has 4 nitrogen and oxygen atoms in total. The van der Waals surface area contributed by atoms with Crippen molar-refractivity contribution in [3.05, 3.63) is 5.82 Å². The lowest BCUT2D eigenvalue weighted by Crippen LogP contribution is -2.06. The molecule has 16 heavy (non-hydrogen) atoms. The summed E-state index contributed by atoms with van der Waals surface area (Å²) in [5.74, 6) is 2.56. The molecule has 1 N–H and O–H groups in total. The number of aliphatic hydroxyl groups excluding tert-OH is 1. The van der Waals surface area contributed by atoms with Crippen LogP contribution in [0.3, 0.4) is 0 Å². The summed E-state index contributed by atoms with van der Waals surface area (Å²) in [6.45, 7) is 1.81. The highest BCUT2D eigenvalue weighted by Crippen LogP contribution is 2.45. The van der Waals surface area contributed by atoms with Gasteiger partial charge >= 0.3 is 0 Å². The van der Waals surface area contributed by atoms with Crippen LogP contribution in [0, 0.1) is 0 Å². The molecule has 1 aromatic heterocycles. The molecule has 2 aliphatic carbocycles. The maximum atomic E-state index is 9.31. The Morgan fingerprint density at radius 1 is 1.38 bits per heavy atom. The summed E-state index contributed by atoms with van der Waals surface area (Å²) in [7, 11) is 0. The third-order valence-electron chi connectivity index (χ3n) is 3.00. The Labute approximate surface area is 99.4 Å². The Morgan fingerprint density at radius 2 is 2.12 bits per heavy atom. The van der Waals surface area contributed by atoms with Gasteiger partial charge in [-0.05, 0) is 32.6 Å². The van der Waals surface area contributed by atoms with Crippen molar-refractivity contribution in [3.63, 3.8) is 0 Å². The van der Waals surface area contributed by atoms with Crippen LogP contribution in [-0.4, -0.2) is 31.7 Å². The van der Waals surface area contributed by atoms with E-state index in [2.05, 4.69) is 14.8 Å². The number of rotatable bonds is 5. The quantitative estimate of drug-likeness (QED) is 0.798. The summed E-state index contributed by atoms with van der Waals surface area (Å²) in [6.07, 6.45) is 4.79. The van der Waals surface area contributed by atoms with Gasteiger partial charge in [0.1, 0.15) is 5.82 Å². The van der Waals surface area contributed by atoms with Gasteiger partial charge in [-0.2, -0.15) is 0 Å². The van der Waals surface area contributed by atoms with Gasteiger partial charge in [0.2, 0.25) is 0 Å². The minimum atomic E-state index is -0.279. The highest BCUT2D eigenvalue weighted by Gasteiger charge is 2.36. The fourth-order valence-corrected chi connectivity index (χ4v) is 2.75. The Bertz CT molecular complexity index is 383. The molecule has 2 aliphatic rings. The Morgan fingerprint density at radius 3 is 2.69 bits per heavy atom. The van der Waals surface area contributed by atoms with Crippen LogP contribution in [0.25, 0.3) is 0 Å². The maximum absolute atomic E-state index is 9.31. The van der Waals surface area contributed by atoms with E-state index in [0.29, 0.717) is 17.7 Å². The van der Waals surface area contributed by atoms with Crippen LogP contribution in [0.5, 0.6) is 0 Å². The van der Waals surface area contributed by atoms with Crippen molar-refractivity contribution in [2.45, 2.75) is 55.8 Å². The molecule has 0 unspecified atom stereocenters. The van der Waals surface area contributed by atoms with E-state index in [1.54, 1.807) is 11.8 Å². The third-order valence-corrected chi connectivity index (χ3v) is 4.18. The molecule has 0 bridgehead atoms. The Balaban J connectivity index is 1.80. The molecule has 2 saturated carbocycles. The molecular weight excluding hydrogens is 222 g/mol. The smallest absolute Gasteiger partial charge is 0.191 e. The lowest BCUT2D eigenvalue weighted by Gasteiger charge is -2.08. The number of aliphatic hydroxyl groups is 1. The average molecular weight is 239 g/mol. The number of thioether (sulfide) groups is 1. The van der Waals surface area contributed by atoms with Crippen LogP contribution in [0.15, 0.2) is 5.16 Å². The molecule has 1 atom stereocenters. The Hall–Kier alpha value is -0.550. The predicted octanol–water partition coefficient (Wildman–Crippen LogP) is 1.96. The summed E-state index contributed by atoms with van der Waals surface area (Å²) in [5.41, 5.74) is 0. The lowest BCUT2D eigenvalue weighted by atomic mass is 10.4. The van der Waals surface area contributed by atoms with E-state index in [9.17, 15) is 5.11 Å². The van der Waals surface area contributed by atoms with Crippen molar-refractivity contribution in [2.75, 3.05) is 5.75 Å². The maximum Gasteiger partial charge on any atom is 0.191 e. The van der Waals surface area contributed by atoms with Crippen molar-refractivity contribution in [1.29, 1.82) is 0 Å². The van der Waals surface area contributed by atoms with E-state index in [1.165, 1.54) is 31.5 Å². The monoisotopic (exact) mass is 239 g/mol. The first-order valence-corrected chi connectivity index (χ1v) is 7.00. The second kappa shape index (κ2) is 4.04. The van der Waals surface area contributed by atoms with Gasteiger partial charge in [0.05, 0.1) is 6.10 Å². The first-order valence-electron chi connectivity index (χ1n) is 6.01. The highest BCUT2D eigenvalue weighted by atomic mass is 32.2. The minimum Gasteiger partial charge on any atom is -0.393 e. The van der Waals surface area contributed by atoms with Crippen LogP contribution in [-0.2, 0) is 0 Å². The summed E-state index contributed by atoms with van der Waals surface area (Å²) < 4.78 is 2.32. The zero-order valence-corrected chi connectivity index (χ0v) is 10.3. The van der Waals surface area contributed by atoms with E-state index in [-0.39, 0.29) is 6.10 Å². The molecule has 0 spiro atoms. The van der Waals surface area contributed by atoms with E-state index in [4.69, 9.17) is 0 Å². The summed E-state index contributed by atoms with van der Waals surface area (Å²) in [5, 5.41) is 18.9. The van der Waals surface area contributed by atoms with Gasteiger partial charge in [0.15, 0.2) is 5.16 Å². The molecule has 3 rings (SSSR count). The highest BCUT2D eigenvalue weighted by molar-refractivity contribution is 7.99. The molecule has 0 radical (unpaired) electrons. The van der Waals surface area contributed by atoms with Crippen LogP contribution in [0.2, 0.25) is 0 Å². The molecule has 88 valence electrons. The molecule has 2 fully saturated rings. The number of nitrogens with zero attached hydrogens (tertiary/aromatic N) is 3. The Kier molecular flexibility index (Phi) is 2.67. The van der Waals surface area contributed by atoms with Crippen LogP contribution < -0.4 is 0 Å². The van der Waals surface area contributed by atoms with Gasteiger partial charge in [0, 0.05) is 17.7 Å². The van der Waals surface area contributed by atoms with Crippen molar-refractivity contribution < 1.29 is 5.11 Å². The van der Waals surface area contributed by atoms with Gasteiger partial charge in [0.25, 0.3) is 0 Å². The van der Waals surface area contributed by atoms with Gasteiger partial charge < -0.3 is 9.67 Å². The number of hydrogen-bond donors (Lipinski definition) is 1. The van der Waals surface area contributed by atoms with Gasteiger partial charge in [-0.25, -0.2) is 0 Å². The van der Waals surface area contributed by atoms with Crippen molar-refractivity contribution in [3.8, 4) is 0 Å². The van der Waals surface area contributed by atoms with Gasteiger partial charge in [-0.15, -0.1) is 10.2 Å². The van der Waals surface area contributed by atoms with E-state index < -0.39 is 0 Å². The SMILES string of the molecule is C[C@H](O)CSc1nnc(C2CC2)n1C1CC1. The second-order valence-corrected chi connectivity index (χ2v) is 5.86. The lowest BCUT2D eigenvalue weighted by molar-refractivity contribution is 0.220. The molecule has 0 aliphatic heterocycles. The number of aromatic nitrogens is 3. The first kappa shape index (κ1) is 10.6. The average Bonchev–Trinajstić information content (AvgIpc) is 3.13. The summed E-state index contributed by atoms with van der Waals surface area (Å²) in [4.78, 5) is 0. The summed E-state index contributed by atoms with van der Waals surface area (Å²) >= 11 is 1.63.